The number of unbranched alkanes of at least 4 members (excludes halogenated alkanes) is 31. The van der Waals surface area contributed by atoms with E-state index < -0.39 is 12.8 Å². The van der Waals surface area contributed by atoms with Crippen molar-refractivity contribution < 1.29 is 19.5 Å². The van der Waals surface area contributed by atoms with Crippen molar-refractivity contribution in [2.45, 2.75) is 296 Å². The van der Waals surface area contributed by atoms with Gasteiger partial charge in [0.25, 0.3) is 0 Å². The van der Waals surface area contributed by atoms with E-state index in [-0.39, 0.29) is 16.6 Å². The molecule has 1 unspecified atom stereocenters. The molecule has 0 saturated heterocycles. The highest BCUT2D eigenvalue weighted by molar-refractivity contribution is 7.53. The van der Waals surface area contributed by atoms with Crippen molar-refractivity contribution in [3.8, 4) is 5.75 Å². The summed E-state index contributed by atoms with van der Waals surface area (Å²) in [7, 11) is -4.55. The van der Waals surface area contributed by atoms with Crippen LogP contribution in [0.25, 0.3) is 0 Å². The third kappa shape index (κ3) is 23.7. The molecule has 57 heavy (non-hydrogen) atoms. The predicted molar refractivity (Wildman–Crippen MR) is 252 cm³/mol. The summed E-state index contributed by atoms with van der Waals surface area (Å²) in [5.41, 5.74) is 1.60. The second-order valence-electron chi connectivity index (χ2n) is 20.5. The summed E-state index contributed by atoms with van der Waals surface area (Å²) in [5, 5.41) is 10.3. The number of phenols is 1. The van der Waals surface area contributed by atoms with Crippen molar-refractivity contribution in [2.75, 3.05) is 0 Å². The zero-order valence-corrected chi connectivity index (χ0v) is 40.5. The van der Waals surface area contributed by atoms with Crippen LogP contribution in [0.3, 0.4) is 0 Å². The molecule has 1 atom stereocenters. The molecule has 5 heteroatoms. The van der Waals surface area contributed by atoms with Gasteiger partial charge >= 0.3 is 7.60 Å². The molecule has 0 saturated carbocycles. The summed E-state index contributed by atoms with van der Waals surface area (Å²) in [6.45, 7) is 17.1. The normalized spacial score (nSPS) is 13.7. The largest absolute Gasteiger partial charge is 0.507 e. The molecule has 0 heterocycles. The average Bonchev–Trinajstić information content (AvgIpc) is 3.13. The fourth-order valence-corrected chi connectivity index (χ4v) is 10.4. The van der Waals surface area contributed by atoms with E-state index in [9.17, 15) is 19.5 Å². The number of phenolic OH excluding ortho intramolecular Hbond substituents is 1. The third-order valence-corrected chi connectivity index (χ3v) is 14.8. The monoisotopic (exact) mass is 819 g/mol. The van der Waals surface area contributed by atoms with Crippen LogP contribution in [0.2, 0.25) is 0 Å². The fourth-order valence-electron chi connectivity index (χ4n) is 9.03. The number of aromatic hydroxyl groups is 1. The Balaban J connectivity index is 2.75. The summed E-state index contributed by atoms with van der Waals surface area (Å²) < 4.78 is 13.9. The molecule has 0 aromatic heterocycles. The Hall–Kier alpha value is -0.830. The molecule has 1 aromatic rings. The zero-order valence-electron chi connectivity index (χ0n) is 39.6. The molecule has 0 fully saturated rings. The third-order valence-electron chi connectivity index (χ3n) is 13.0. The van der Waals surface area contributed by atoms with E-state index in [1.54, 1.807) is 0 Å². The first-order valence-electron chi connectivity index (χ1n) is 25.1. The van der Waals surface area contributed by atoms with Gasteiger partial charge in [-0.25, -0.2) is 0 Å². The number of benzene rings is 1. The van der Waals surface area contributed by atoms with Gasteiger partial charge in [-0.15, -0.1) is 0 Å². The lowest BCUT2D eigenvalue weighted by Gasteiger charge is -2.38. The molecule has 336 valence electrons. The van der Waals surface area contributed by atoms with Gasteiger partial charge in [-0.3, -0.25) is 4.57 Å². The van der Waals surface area contributed by atoms with Gasteiger partial charge in [-0.2, -0.15) is 0 Å². The van der Waals surface area contributed by atoms with E-state index in [0.717, 1.165) is 55.2 Å². The van der Waals surface area contributed by atoms with Crippen LogP contribution in [0.5, 0.6) is 5.75 Å². The highest BCUT2D eigenvalue weighted by Crippen LogP contribution is 2.63. The topological polar surface area (TPSA) is 77.8 Å². The van der Waals surface area contributed by atoms with Crippen LogP contribution in [-0.4, -0.2) is 14.9 Å². The minimum atomic E-state index is -4.55. The van der Waals surface area contributed by atoms with Crippen molar-refractivity contribution >= 4 is 7.60 Å². The summed E-state index contributed by atoms with van der Waals surface area (Å²) in [6, 6.07) is 3.92. The SMILES string of the molecule is CCCCCCCCCCCCCCCCCCCC(CCCCCCCCCCCCCCCCCC)(c1cc(C(C)(C)C)c(O)c(C(C)(C)C)c1)P(=O)(O)O. The molecule has 0 bridgehead atoms. The molecule has 0 aliphatic rings. The van der Waals surface area contributed by atoms with Gasteiger partial charge in [-0.1, -0.05) is 279 Å². The molecule has 1 aromatic carbocycles. The number of rotatable bonds is 37. The lowest BCUT2D eigenvalue weighted by molar-refractivity contribution is 0.296. The van der Waals surface area contributed by atoms with Gasteiger partial charge in [0.2, 0.25) is 0 Å². The molecular weight excluding hydrogens is 720 g/mol. The van der Waals surface area contributed by atoms with E-state index in [4.69, 9.17) is 0 Å². The summed E-state index contributed by atoms with van der Waals surface area (Å²) in [6.07, 6.45) is 43.5. The lowest BCUT2D eigenvalue weighted by Crippen LogP contribution is -2.29. The molecular formula is C52H99O4P. The van der Waals surface area contributed by atoms with E-state index in [1.165, 1.54) is 173 Å². The first-order valence-corrected chi connectivity index (χ1v) is 26.7. The quantitative estimate of drug-likeness (QED) is 0.0462. The summed E-state index contributed by atoms with van der Waals surface area (Å²) in [5.74, 6) is 0.276. The first kappa shape index (κ1) is 54.2. The molecule has 0 radical (unpaired) electrons. The van der Waals surface area contributed by atoms with Crippen molar-refractivity contribution in [1.82, 2.24) is 0 Å². The van der Waals surface area contributed by atoms with E-state index in [1.807, 2.05) is 12.1 Å². The lowest BCUT2D eigenvalue weighted by atomic mass is 9.75. The predicted octanol–water partition coefficient (Wildman–Crippen LogP) is 18.1. The number of hydrogen-bond donors (Lipinski definition) is 3. The highest BCUT2D eigenvalue weighted by atomic mass is 31.2. The van der Waals surface area contributed by atoms with Gasteiger partial charge in [0, 0.05) is 0 Å². The zero-order chi connectivity index (χ0) is 42.5. The molecule has 3 N–H and O–H groups in total. The standard InChI is InChI=1S/C52H99O4P/c1-9-11-13-15-17-19-21-23-25-27-29-31-33-35-37-39-41-43-52(57(54,55)56,46-44-47(50(3,4)5)49(53)48(45-46)51(6,7)8)42-40-38-36-34-32-30-28-26-24-22-20-18-16-14-12-10-2/h44-45,53H,9-43H2,1-8H3,(H2,54,55,56). The van der Waals surface area contributed by atoms with Crippen LogP contribution in [0.15, 0.2) is 12.1 Å². The van der Waals surface area contributed by atoms with Gasteiger partial charge in [-0.05, 0) is 40.4 Å². The summed E-state index contributed by atoms with van der Waals surface area (Å²) >= 11 is 0. The number of hydrogen-bond acceptors (Lipinski definition) is 2. The van der Waals surface area contributed by atoms with Crippen LogP contribution in [0.1, 0.15) is 297 Å². The maximum atomic E-state index is 13.9. The second-order valence-corrected chi connectivity index (χ2v) is 22.4. The Morgan fingerprint density at radius 1 is 0.404 bits per heavy atom. The van der Waals surface area contributed by atoms with Crippen LogP contribution < -0.4 is 0 Å². The van der Waals surface area contributed by atoms with Gasteiger partial charge in [0.15, 0.2) is 0 Å². The molecule has 0 aliphatic carbocycles. The molecule has 1 rings (SSSR count). The van der Waals surface area contributed by atoms with Gasteiger partial charge < -0.3 is 14.9 Å². The smallest absolute Gasteiger partial charge is 0.335 e. The van der Waals surface area contributed by atoms with Crippen molar-refractivity contribution in [1.29, 1.82) is 0 Å². The molecule has 0 amide bonds. The van der Waals surface area contributed by atoms with Crippen molar-refractivity contribution in [2.24, 2.45) is 0 Å². The van der Waals surface area contributed by atoms with E-state index >= 15 is 0 Å². The van der Waals surface area contributed by atoms with E-state index in [0.29, 0.717) is 12.8 Å². The maximum absolute atomic E-state index is 13.9. The summed E-state index contributed by atoms with van der Waals surface area (Å²) in [4.78, 5) is 22.7. The van der Waals surface area contributed by atoms with Crippen molar-refractivity contribution in [3.05, 3.63) is 28.8 Å². The Bertz CT molecular complexity index is 1120. The highest BCUT2D eigenvalue weighted by Gasteiger charge is 2.48. The average molecular weight is 819 g/mol. The first-order chi connectivity index (χ1) is 27.1. The van der Waals surface area contributed by atoms with Gasteiger partial charge in [0.05, 0.1) is 5.16 Å². The van der Waals surface area contributed by atoms with Gasteiger partial charge in [0.1, 0.15) is 5.75 Å². The Kier molecular flexibility index (Phi) is 29.5. The Labute approximate surface area is 356 Å². The van der Waals surface area contributed by atoms with Crippen LogP contribution in [0, 0.1) is 0 Å². The molecule has 4 nitrogen and oxygen atoms in total. The fraction of sp³-hybridized carbons (Fsp3) is 0.885. The Morgan fingerprint density at radius 3 is 0.807 bits per heavy atom. The maximum Gasteiger partial charge on any atom is 0.335 e. The Morgan fingerprint density at radius 2 is 0.614 bits per heavy atom. The van der Waals surface area contributed by atoms with Crippen LogP contribution >= 0.6 is 7.60 Å². The molecule has 0 spiro atoms. The second kappa shape index (κ2) is 31.1. The van der Waals surface area contributed by atoms with Crippen LogP contribution in [0.4, 0.5) is 0 Å². The molecule has 0 aliphatic heterocycles. The van der Waals surface area contributed by atoms with Crippen molar-refractivity contribution in [3.63, 3.8) is 0 Å². The minimum Gasteiger partial charge on any atom is -0.507 e. The van der Waals surface area contributed by atoms with Crippen LogP contribution in [-0.2, 0) is 20.6 Å². The van der Waals surface area contributed by atoms with E-state index in [2.05, 4.69) is 55.4 Å². The minimum absolute atomic E-state index is 0.276.